The molecule has 2 rings (SSSR count). The molecular formula is C20H28O7. The van der Waals surface area contributed by atoms with Crippen LogP contribution < -0.4 is 9.47 Å². The first-order valence-corrected chi connectivity index (χ1v) is 9.11. The minimum Gasteiger partial charge on any atom is -0.502 e. The second kappa shape index (κ2) is 8.50. The van der Waals surface area contributed by atoms with Crippen LogP contribution in [0.2, 0.25) is 0 Å². The fourth-order valence-corrected chi connectivity index (χ4v) is 3.27. The van der Waals surface area contributed by atoms with E-state index in [4.69, 9.17) is 18.9 Å². The Morgan fingerprint density at radius 3 is 2.00 bits per heavy atom. The van der Waals surface area contributed by atoms with Gasteiger partial charge in [0.15, 0.2) is 17.4 Å². The van der Waals surface area contributed by atoms with Crippen molar-refractivity contribution in [1.82, 2.24) is 0 Å². The molecule has 7 nitrogen and oxygen atoms in total. The van der Waals surface area contributed by atoms with Crippen molar-refractivity contribution in [2.45, 2.75) is 52.7 Å². The van der Waals surface area contributed by atoms with Gasteiger partial charge in [-0.3, -0.25) is 9.59 Å². The number of carbonyl (C=O) groups is 2. The standard InChI is InChI=1S/C20H28O7/c1-6-7-8-9-20(2,3)15-17(22)26-19(27-18(15)23)12-10-13(24-4)16(21)14(11-12)25-5/h10-11,15,19,21H,6-9H2,1-5H3. The Bertz CT molecular complexity index is 653. The van der Waals surface area contributed by atoms with Crippen LogP contribution in [-0.4, -0.2) is 31.3 Å². The highest BCUT2D eigenvalue weighted by molar-refractivity contribution is 5.97. The number of phenols is 1. The predicted molar refractivity (Wildman–Crippen MR) is 97.5 cm³/mol. The first-order valence-electron chi connectivity index (χ1n) is 9.11. The first kappa shape index (κ1) is 20.9. The van der Waals surface area contributed by atoms with Gasteiger partial charge in [-0.2, -0.15) is 0 Å². The number of esters is 2. The van der Waals surface area contributed by atoms with E-state index in [2.05, 4.69) is 6.92 Å². The highest BCUT2D eigenvalue weighted by atomic mass is 16.7. The highest BCUT2D eigenvalue weighted by Crippen LogP contribution is 2.43. The number of hydrogen-bond donors (Lipinski definition) is 1. The van der Waals surface area contributed by atoms with Gasteiger partial charge in [-0.1, -0.05) is 40.0 Å². The summed E-state index contributed by atoms with van der Waals surface area (Å²) in [6.07, 6.45) is 2.53. The van der Waals surface area contributed by atoms with Crippen LogP contribution in [0.1, 0.15) is 58.3 Å². The number of ether oxygens (including phenoxy) is 4. The normalized spacial score (nSPS) is 20.0. The van der Waals surface area contributed by atoms with Gasteiger partial charge in [-0.25, -0.2) is 0 Å². The summed E-state index contributed by atoms with van der Waals surface area (Å²) in [6.45, 7) is 5.85. The maximum Gasteiger partial charge on any atom is 0.324 e. The van der Waals surface area contributed by atoms with Crippen LogP contribution in [0, 0.1) is 11.3 Å². The molecule has 1 aliphatic heterocycles. The van der Waals surface area contributed by atoms with E-state index in [1.807, 2.05) is 13.8 Å². The lowest BCUT2D eigenvalue weighted by Crippen LogP contribution is -2.44. The number of hydrogen-bond acceptors (Lipinski definition) is 7. The molecule has 0 unspecified atom stereocenters. The zero-order chi connectivity index (χ0) is 20.2. The van der Waals surface area contributed by atoms with E-state index in [1.165, 1.54) is 26.4 Å². The van der Waals surface area contributed by atoms with Crippen molar-refractivity contribution < 1.29 is 33.6 Å². The summed E-state index contributed by atoms with van der Waals surface area (Å²) in [5.41, 5.74) is -0.219. The summed E-state index contributed by atoms with van der Waals surface area (Å²) in [6, 6.07) is 2.88. The topological polar surface area (TPSA) is 91.3 Å². The summed E-state index contributed by atoms with van der Waals surface area (Å²) in [4.78, 5) is 25.2. The summed E-state index contributed by atoms with van der Waals surface area (Å²) in [7, 11) is 2.76. The highest BCUT2D eigenvalue weighted by Gasteiger charge is 2.48. The Labute approximate surface area is 159 Å². The van der Waals surface area contributed by atoms with Crippen LogP contribution in [0.15, 0.2) is 12.1 Å². The number of unbranched alkanes of at least 4 members (excludes halogenated alkanes) is 2. The van der Waals surface area contributed by atoms with Gasteiger partial charge >= 0.3 is 11.9 Å². The maximum atomic E-state index is 12.6. The Morgan fingerprint density at radius 2 is 1.56 bits per heavy atom. The summed E-state index contributed by atoms with van der Waals surface area (Å²) in [5, 5.41) is 10.0. The van der Waals surface area contributed by atoms with E-state index in [9.17, 15) is 14.7 Å². The molecule has 0 aromatic heterocycles. The molecule has 150 valence electrons. The molecule has 7 heteroatoms. The third-order valence-corrected chi connectivity index (χ3v) is 4.90. The number of benzene rings is 1. The molecule has 27 heavy (non-hydrogen) atoms. The molecule has 0 radical (unpaired) electrons. The van der Waals surface area contributed by atoms with Crippen molar-refractivity contribution in [3.8, 4) is 17.2 Å². The van der Waals surface area contributed by atoms with Crippen LogP contribution >= 0.6 is 0 Å². The fourth-order valence-electron chi connectivity index (χ4n) is 3.27. The van der Waals surface area contributed by atoms with Gasteiger partial charge in [0, 0.05) is 5.56 Å². The smallest absolute Gasteiger partial charge is 0.324 e. The van der Waals surface area contributed by atoms with Crippen molar-refractivity contribution in [1.29, 1.82) is 0 Å². The monoisotopic (exact) mass is 380 g/mol. The zero-order valence-electron chi connectivity index (χ0n) is 16.5. The summed E-state index contributed by atoms with van der Waals surface area (Å²) >= 11 is 0. The van der Waals surface area contributed by atoms with Crippen molar-refractivity contribution >= 4 is 11.9 Å². The number of methoxy groups -OCH3 is 2. The fraction of sp³-hybridized carbons (Fsp3) is 0.600. The lowest BCUT2D eigenvalue weighted by atomic mass is 9.74. The van der Waals surface area contributed by atoms with Gasteiger partial charge in [0.1, 0.15) is 0 Å². The van der Waals surface area contributed by atoms with Gasteiger partial charge < -0.3 is 24.1 Å². The van der Waals surface area contributed by atoms with Gasteiger partial charge in [0.05, 0.1) is 14.2 Å². The van der Waals surface area contributed by atoms with Crippen molar-refractivity contribution in [2.24, 2.45) is 11.3 Å². The predicted octanol–water partition coefficient (Wildman–Crippen LogP) is 3.73. The van der Waals surface area contributed by atoms with Gasteiger partial charge in [-0.05, 0) is 24.0 Å². The molecule has 0 amide bonds. The molecule has 1 saturated heterocycles. The molecule has 1 fully saturated rings. The zero-order valence-corrected chi connectivity index (χ0v) is 16.5. The lowest BCUT2D eigenvalue weighted by Gasteiger charge is -2.36. The van der Waals surface area contributed by atoms with Crippen LogP contribution in [0.5, 0.6) is 17.2 Å². The Kier molecular flexibility index (Phi) is 6.57. The Balaban J connectivity index is 2.22. The van der Waals surface area contributed by atoms with Gasteiger partial charge in [-0.15, -0.1) is 0 Å². The van der Waals surface area contributed by atoms with E-state index >= 15 is 0 Å². The van der Waals surface area contributed by atoms with Crippen LogP contribution in [0.3, 0.4) is 0 Å². The molecule has 1 aromatic rings. The molecule has 1 aromatic carbocycles. The van der Waals surface area contributed by atoms with E-state index in [-0.39, 0.29) is 17.2 Å². The Hall–Kier alpha value is -2.44. The van der Waals surface area contributed by atoms with Crippen LogP contribution in [0.4, 0.5) is 0 Å². The van der Waals surface area contributed by atoms with Crippen molar-refractivity contribution in [2.75, 3.05) is 14.2 Å². The molecule has 0 bridgehead atoms. The minimum absolute atomic E-state index is 0.124. The number of phenolic OH excluding ortho intramolecular Hbond substituents is 1. The average molecular weight is 380 g/mol. The van der Waals surface area contributed by atoms with Gasteiger partial charge in [0.2, 0.25) is 5.75 Å². The largest absolute Gasteiger partial charge is 0.502 e. The van der Waals surface area contributed by atoms with Crippen molar-refractivity contribution in [3.05, 3.63) is 17.7 Å². The van der Waals surface area contributed by atoms with Gasteiger partial charge in [0.25, 0.3) is 6.29 Å². The quantitative estimate of drug-likeness (QED) is 0.417. The maximum absolute atomic E-state index is 12.6. The SMILES string of the molecule is CCCCCC(C)(C)C1C(=O)OC(c2cc(OC)c(O)c(OC)c2)OC1=O. The third kappa shape index (κ3) is 4.46. The Morgan fingerprint density at radius 1 is 1.04 bits per heavy atom. The minimum atomic E-state index is -1.21. The van der Waals surface area contributed by atoms with Crippen LogP contribution in [-0.2, 0) is 19.1 Å². The molecule has 1 heterocycles. The second-order valence-electron chi connectivity index (χ2n) is 7.36. The lowest BCUT2D eigenvalue weighted by molar-refractivity contribution is -0.220. The van der Waals surface area contributed by atoms with Crippen LogP contribution in [0.25, 0.3) is 0 Å². The number of aromatic hydroxyl groups is 1. The van der Waals surface area contributed by atoms with E-state index in [1.54, 1.807) is 0 Å². The number of carbonyl (C=O) groups excluding carboxylic acids is 2. The molecule has 0 saturated carbocycles. The number of rotatable bonds is 8. The molecule has 1 N–H and O–H groups in total. The molecule has 0 spiro atoms. The molecule has 0 aliphatic carbocycles. The van der Waals surface area contributed by atoms with Crippen molar-refractivity contribution in [3.63, 3.8) is 0 Å². The average Bonchev–Trinajstić information content (AvgIpc) is 2.61. The van der Waals surface area contributed by atoms with E-state index in [0.717, 1.165) is 25.7 Å². The van der Waals surface area contributed by atoms with E-state index < -0.39 is 29.6 Å². The summed E-state index contributed by atoms with van der Waals surface area (Å²) < 4.78 is 21.0. The molecule has 1 aliphatic rings. The third-order valence-electron chi connectivity index (χ3n) is 4.90. The first-order chi connectivity index (χ1) is 12.7. The second-order valence-corrected chi connectivity index (χ2v) is 7.36. The molecular weight excluding hydrogens is 352 g/mol. The summed E-state index contributed by atoms with van der Waals surface area (Å²) in [5.74, 6) is -2.12. The number of cyclic esters (lactones) is 2. The molecule has 0 atom stereocenters. The van der Waals surface area contributed by atoms with E-state index in [0.29, 0.717) is 5.56 Å².